The van der Waals surface area contributed by atoms with Crippen molar-refractivity contribution >= 4 is 17.8 Å². The lowest BCUT2D eigenvalue weighted by molar-refractivity contribution is -0.160. The first kappa shape index (κ1) is 23.2. The lowest BCUT2D eigenvalue weighted by Crippen LogP contribution is -2.48. The molecule has 0 bridgehead atoms. The number of piperidine rings is 1. The van der Waals surface area contributed by atoms with Gasteiger partial charge in [0.15, 0.2) is 6.10 Å². The van der Waals surface area contributed by atoms with Crippen LogP contribution in [0.2, 0.25) is 0 Å². The summed E-state index contributed by atoms with van der Waals surface area (Å²) in [5.74, 6) is -0.548. The van der Waals surface area contributed by atoms with Crippen molar-refractivity contribution in [3.63, 3.8) is 0 Å². The fourth-order valence-electron chi connectivity index (χ4n) is 4.50. The Bertz CT molecular complexity index is 789. The zero-order chi connectivity index (χ0) is 22.5. The molecule has 2 amide bonds. The van der Waals surface area contributed by atoms with Crippen molar-refractivity contribution < 1.29 is 23.5 Å². The highest BCUT2D eigenvalue weighted by molar-refractivity contribution is 5.94. The van der Waals surface area contributed by atoms with Crippen LogP contribution in [0.1, 0.15) is 63.2 Å². The number of rotatable bonds is 5. The van der Waals surface area contributed by atoms with E-state index in [2.05, 4.69) is 19.2 Å². The first-order chi connectivity index (χ1) is 14.8. The highest BCUT2D eigenvalue weighted by Crippen LogP contribution is 2.29. The summed E-state index contributed by atoms with van der Waals surface area (Å²) in [6.07, 6.45) is 3.36. The molecule has 170 valence electrons. The highest BCUT2D eigenvalue weighted by atomic mass is 19.1. The number of amides is 2. The van der Waals surface area contributed by atoms with Gasteiger partial charge in [-0.1, -0.05) is 26.7 Å². The molecule has 4 atom stereocenters. The van der Waals surface area contributed by atoms with Gasteiger partial charge in [0.2, 0.25) is 0 Å². The molecular weight excluding hydrogens is 399 g/mol. The molecule has 1 saturated heterocycles. The minimum Gasteiger partial charge on any atom is -0.452 e. The van der Waals surface area contributed by atoms with Crippen molar-refractivity contribution in [3.05, 3.63) is 35.6 Å². The molecule has 1 aromatic rings. The number of benzene rings is 1. The van der Waals surface area contributed by atoms with Crippen LogP contribution >= 0.6 is 0 Å². The molecule has 0 radical (unpaired) electrons. The maximum Gasteiger partial charge on any atom is 0.309 e. The first-order valence-corrected chi connectivity index (χ1v) is 11.3. The second-order valence-electron chi connectivity index (χ2n) is 9.03. The van der Waals surface area contributed by atoms with Gasteiger partial charge in [-0.25, -0.2) is 4.39 Å². The minimum atomic E-state index is -0.837. The quantitative estimate of drug-likeness (QED) is 0.722. The van der Waals surface area contributed by atoms with Gasteiger partial charge in [0.25, 0.3) is 11.8 Å². The molecular formula is C24H33FN2O4. The van der Waals surface area contributed by atoms with E-state index in [-0.39, 0.29) is 35.6 Å². The Morgan fingerprint density at radius 2 is 1.71 bits per heavy atom. The van der Waals surface area contributed by atoms with Crippen LogP contribution < -0.4 is 5.32 Å². The summed E-state index contributed by atoms with van der Waals surface area (Å²) in [5, 5.41) is 3.06. The zero-order valence-electron chi connectivity index (χ0n) is 18.6. The fraction of sp³-hybridized carbons (Fsp3) is 0.625. The monoisotopic (exact) mass is 432 g/mol. The third-order valence-electron chi connectivity index (χ3n) is 6.90. The Morgan fingerprint density at radius 1 is 1.06 bits per heavy atom. The zero-order valence-corrected chi connectivity index (χ0v) is 18.6. The van der Waals surface area contributed by atoms with Gasteiger partial charge in [-0.15, -0.1) is 0 Å². The van der Waals surface area contributed by atoms with Crippen molar-refractivity contribution in [2.24, 2.45) is 17.8 Å². The van der Waals surface area contributed by atoms with Crippen LogP contribution in [0.3, 0.4) is 0 Å². The van der Waals surface area contributed by atoms with E-state index in [1.165, 1.54) is 30.7 Å². The normalized spacial score (nSPS) is 25.5. The van der Waals surface area contributed by atoms with Gasteiger partial charge in [0.05, 0.1) is 5.92 Å². The van der Waals surface area contributed by atoms with Gasteiger partial charge in [-0.3, -0.25) is 14.4 Å². The molecule has 31 heavy (non-hydrogen) atoms. The van der Waals surface area contributed by atoms with Crippen LogP contribution in [0.5, 0.6) is 0 Å². The molecule has 1 N–H and O–H groups in total. The van der Waals surface area contributed by atoms with Crippen LogP contribution in [0, 0.1) is 23.6 Å². The first-order valence-electron chi connectivity index (χ1n) is 11.3. The summed E-state index contributed by atoms with van der Waals surface area (Å²) < 4.78 is 18.5. The number of carbonyl (C=O) groups excluding carboxylic acids is 3. The van der Waals surface area contributed by atoms with Gasteiger partial charge in [-0.05, 0) is 62.3 Å². The predicted octanol–water partition coefficient (Wildman–Crippen LogP) is 3.55. The second-order valence-corrected chi connectivity index (χ2v) is 9.03. The molecule has 0 spiro atoms. The Kier molecular flexibility index (Phi) is 7.68. The van der Waals surface area contributed by atoms with E-state index in [1.807, 2.05) is 0 Å². The van der Waals surface area contributed by atoms with Gasteiger partial charge < -0.3 is 15.0 Å². The Balaban J connectivity index is 1.45. The number of likely N-dealkylation sites (tertiary alicyclic amines) is 1. The maximum absolute atomic E-state index is 13.1. The smallest absolute Gasteiger partial charge is 0.309 e. The van der Waals surface area contributed by atoms with E-state index >= 15 is 0 Å². The molecule has 0 aromatic heterocycles. The summed E-state index contributed by atoms with van der Waals surface area (Å²) in [7, 11) is 0. The average molecular weight is 433 g/mol. The minimum absolute atomic E-state index is 0.123. The maximum atomic E-state index is 13.1. The van der Waals surface area contributed by atoms with Gasteiger partial charge in [0, 0.05) is 24.7 Å². The van der Waals surface area contributed by atoms with Crippen molar-refractivity contribution in [3.8, 4) is 0 Å². The average Bonchev–Trinajstić information content (AvgIpc) is 2.77. The molecule has 7 heteroatoms. The predicted molar refractivity (Wildman–Crippen MR) is 115 cm³/mol. The van der Waals surface area contributed by atoms with Gasteiger partial charge in [-0.2, -0.15) is 0 Å². The van der Waals surface area contributed by atoms with E-state index in [0.29, 0.717) is 43.3 Å². The summed E-state index contributed by atoms with van der Waals surface area (Å²) in [6.45, 7) is 6.82. The summed E-state index contributed by atoms with van der Waals surface area (Å²) >= 11 is 0. The number of ether oxygens (including phenoxy) is 1. The summed E-state index contributed by atoms with van der Waals surface area (Å²) in [6, 6.07) is 5.58. The lowest BCUT2D eigenvalue weighted by atomic mass is 9.78. The summed E-state index contributed by atoms with van der Waals surface area (Å²) in [5.41, 5.74) is 0.430. The van der Waals surface area contributed by atoms with Crippen molar-refractivity contribution in [1.82, 2.24) is 10.2 Å². The molecule has 1 saturated carbocycles. The molecule has 2 aliphatic rings. The van der Waals surface area contributed by atoms with E-state index in [9.17, 15) is 18.8 Å². The SMILES string of the molecule is C[C@@H]1[C@H](C)CCC[C@H]1NC(=O)[C@H](C)OC(=O)C1CCN(C(=O)c2ccc(F)cc2)CC1. The third-order valence-corrected chi connectivity index (χ3v) is 6.90. The Hall–Kier alpha value is -2.44. The molecule has 3 rings (SSSR count). The van der Waals surface area contributed by atoms with Crippen LogP contribution in [-0.2, 0) is 14.3 Å². The van der Waals surface area contributed by atoms with Crippen molar-refractivity contribution in [2.75, 3.05) is 13.1 Å². The molecule has 1 heterocycles. The van der Waals surface area contributed by atoms with E-state index in [4.69, 9.17) is 4.74 Å². The van der Waals surface area contributed by atoms with Gasteiger partial charge in [0.1, 0.15) is 5.82 Å². The number of hydrogen-bond acceptors (Lipinski definition) is 4. The Morgan fingerprint density at radius 3 is 2.35 bits per heavy atom. The molecule has 2 fully saturated rings. The number of hydrogen-bond donors (Lipinski definition) is 1. The summed E-state index contributed by atoms with van der Waals surface area (Å²) in [4.78, 5) is 39.3. The second kappa shape index (κ2) is 10.2. The van der Waals surface area contributed by atoms with E-state index in [0.717, 1.165) is 12.8 Å². The molecule has 6 nitrogen and oxygen atoms in total. The third kappa shape index (κ3) is 5.83. The van der Waals surface area contributed by atoms with Gasteiger partial charge >= 0.3 is 5.97 Å². The van der Waals surface area contributed by atoms with Crippen LogP contribution in [0.25, 0.3) is 0 Å². The van der Waals surface area contributed by atoms with E-state index in [1.54, 1.807) is 11.8 Å². The largest absolute Gasteiger partial charge is 0.452 e. The van der Waals surface area contributed by atoms with Crippen LogP contribution in [0.15, 0.2) is 24.3 Å². The van der Waals surface area contributed by atoms with Crippen LogP contribution in [-0.4, -0.2) is 47.9 Å². The molecule has 1 aliphatic carbocycles. The number of halogens is 1. The topological polar surface area (TPSA) is 75.7 Å². The van der Waals surface area contributed by atoms with Crippen molar-refractivity contribution in [1.29, 1.82) is 0 Å². The number of esters is 1. The highest BCUT2D eigenvalue weighted by Gasteiger charge is 2.33. The number of nitrogens with zero attached hydrogens (tertiary/aromatic N) is 1. The Labute approximate surface area is 183 Å². The molecule has 0 unspecified atom stereocenters. The molecule has 1 aromatic carbocycles. The molecule has 1 aliphatic heterocycles. The van der Waals surface area contributed by atoms with E-state index < -0.39 is 6.10 Å². The lowest BCUT2D eigenvalue weighted by Gasteiger charge is -2.35. The standard InChI is InChI=1S/C24H33FN2O4/c1-15-5-4-6-21(16(15)2)26-22(28)17(3)31-24(30)19-11-13-27(14-12-19)23(29)18-7-9-20(25)10-8-18/h7-10,15-17,19,21H,4-6,11-14H2,1-3H3,(H,26,28)/t15-,16-,17+,21-/m1/s1. The fourth-order valence-corrected chi connectivity index (χ4v) is 4.50. The number of carbonyl (C=O) groups is 3. The number of nitrogens with one attached hydrogen (secondary N) is 1. The van der Waals surface area contributed by atoms with Crippen LogP contribution in [0.4, 0.5) is 4.39 Å². The van der Waals surface area contributed by atoms with Crippen molar-refractivity contribution in [2.45, 2.75) is 65.0 Å².